The van der Waals surface area contributed by atoms with Crippen LogP contribution in [-0.4, -0.2) is 49.9 Å². The van der Waals surface area contributed by atoms with Gasteiger partial charge >= 0.3 is 0 Å². The maximum Gasteiger partial charge on any atom is 0.253 e. The first-order valence-corrected chi connectivity index (χ1v) is 7.02. The molecule has 0 aromatic heterocycles. The van der Waals surface area contributed by atoms with E-state index >= 15 is 0 Å². The third-order valence-electron chi connectivity index (χ3n) is 2.38. The highest BCUT2D eigenvalue weighted by Crippen LogP contribution is 2.20. The number of rotatable bonds is 6. The third kappa shape index (κ3) is 6.30. The van der Waals surface area contributed by atoms with Gasteiger partial charge in [-0.05, 0) is 18.2 Å². The molecule has 0 fully saturated rings. The molecule has 0 bridgehead atoms. The Balaban J connectivity index is 2.40. The summed E-state index contributed by atoms with van der Waals surface area (Å²) < 4.78 is 0. The molecular formula is C13H16Cl2N4O3. The van der Waals surface area contributed by atoms with Crippen molar-refractivity contribution >= 4 is 40.9 Å². The topological polar surface area (TPSA) is 90.5 Å². The van der Waals surface area contributed by atoms with Crippen LogP contribution in [0.25, 0.3) is 0 Å². The lowest BCUT2D eigenvalue weighted by molar-refractivity contribution is -0.127. The predicted octanol–water partition coefficient (Wildman–Crippen LogP) is 0.432. The SMILES string of the molecule is CN(C)NC(=O)CNC(=O)CNC(=O)c1ccc(Cl)cc1Cl. The number of hydrogen-bond acceptors (Lipinski definition) is 4. The van der Waals surface area contributed by atoms with E-state index in [9.17, 15) is 14.4 Å². The van der Waals surface area contributed by atoms with Crippen LogP contribution in [0.5, 0.6) is 0 Å². The minimum atomic E-state index is -0.505. The maximum atomic E-state index is 11.9. The van der Waals surface area contributed by atoms with E-state index in [4.69, 9.17) is 23.2 Å². The van der Waals surface area contributed by atoms with Crippen LogP contribution in [0.1, 0.15) is 10.4 Å². The van der Waals surface area contributed by atoms with Crippen LogP contribution >= 0.6 is 23.2 Å². The summed E-state index contributed by atoms with van der Waals surface area (Å²) in [6.45, 7) is -0.457. The van der Waals surface area contributed by atoms with Crippen molar-refractivity contribution in [2.24, 2.45) is 0 Å². The van der Waals surface area contributed by atoms with Gasteiger partial charge in [0.15, 0.2) is 0 Å². The molecule has 0 radical (unpaired) electrons. The van der Waals surface area contributed by atoms with E-state index < -0.39 is 11.8 Å². The Bertz CT molecular complexity index is 578. The van der Waals surface area contributed by atoms with Crippen LogP contribution in [0.4, 0.5) is 0 Å². The Kier molecular flexibility index (Phi) is 7.10. The zero-order valence-corrected chi connectivity index (χ0v) is 13.6. The molecule has 0 heterocycles. The van der Waals surface area contributed by atoms with Gasteiger partial charge in [0.2, 0.25) is 5.91 Å². The molecule has 0 spiro atoms. The Hall–Kier alpha value is -1.83. The van der Waals surface area contributed by atoms with Crippen molar-refractivity contribution in [2.45, 2.75) is 0 Å². The van der Waals surface area contributed by atoms with Crippen molar-refractivity contribution in [2.75, 3.05) is 27.2 Å². The fourth-order valence-corrected chi connectivity index (χ4v) is 1.95. The van der Waals surface area contributed by atoms with E-state index in [0.717, 1.165) is 0 Å². The summed E-state index contributed by atoms with van der Waals surface area (Å²) in [5.74, 6) is -1.37. The monoisotopic (exact) mass is 346 g/mol. The number of halogens is 2. The number of nitrogens with one attached hydrogen (secondary N) is 3. The zero-order chi connectivity index (χ0) is 16.7. The molecule has 22 heavy (non-hydrogen) atoms. The van der Waals surface area contributed by atoms with E-state index in [1.807, 2.05) is 0 Å². The molecule has 0 aliphatic rings. The van der Waals surface area contributed by atoms with E-state index in [1.165, 1.54) is 23.2 Å². The minimum absolute atomic E-state index is 0.186. The van der Waals surface area contributed by atoms with Crippen LogP contribution in [0.2, 0.25) is 10.0 Å². The molecule has 9 heteroatoms. The van der Waals surface area contributed by atoms with Crippen molar-refractivity contribution in [3.05, 3.63) is 33.8 Å². The van der Waals surface area contributed by atoms with Crippen molar-refractivity contribution in [3.63, 3.8) is 0 Å². The predicted molar refractivity (Wildman–Crippen MR) is 83.6 cm³/mol. The second-order valence-electron chi connectivity index (χ2n) is 4.51. The molecule has 1 aromatic carbocycles. The van der Waals surface area contributed by atoms with Gasteiger partial charge in [0.05, 0.1) is 23.7 Å². The third-order valence-corrected chi connectivity index (χ3v) is 2.93. The van der Waals surface area contributed by atoms with Gasteiger partial charge in [0.25, 0.3) is 11.8 Å². The molecule has 0 atom stereocenters. The first-order chi connectivity index (χ1) is 10.3. The molecule has 0 saturated carbocycles. The van der Waals surface area contributed by atoms with E-state index in [-0.39, 0.29) is 29.6 Å². The summed E-state index contributed by atoms with van der Waals surface area (Å²) in [6.07, 6.45) is 0. The first-order valence-electron chi connectivity index (χ1n) is 6.26. The zero-order valence-electron chi connectivity index (χ0n) is 12.1. The van der Waals surface area contributed by atoms with E-state index in [0.29, 0.717) is 5.02 Å². The van der Waals surface area contributed by atoms with Gasteiger partial charge in [-0.1, -0.05) is 23.2 Å². The quantitative estimate of drug-likeness (QED) is 0.651. The lowest BCUT2D eigenvalue weighted by Gasteiger charge is -2.12. The Morgan fingerprint density at radius 3 is 2.27 bits per heavy atom. The van der Waals surface area contributed by atoms with Crippen molar-refractivity contribution in [1.82, 2.24) is 21.1 Å². The van der Waals surface area contributed by atoms with Gasteiger partial charge in [-0.25, -0.2) is 5.01 Å². The van der Waals surface area contributed by atoms with Gasteiger partial charge in [0.1, 0.15) is 0 Å². The van der Waals surface area contributed by atoms with E-state index in [2.05, 4.69) is 16.1 Å². The van der Waals surface area contributed by atoms with Crippen LogP contribution < -0.4 is 16.1 Å². The maximum absolute atomic E-state index is 11.9. The molecule has 7 nitrogen and oxygen atoms in total. The first kappa shape index (κ1) is 18.2. The van der Waals surface area contributed by atoms with Crippen LogP contribution in [0, 0.1) is 0 Å². The average Bonchev–Trinajstić information content (AvgIpc) is 2.41. The Morgan fingerprint density at radius 1 is 1.05 bits per heavy atom. The highest BCUT2D eigenvalue weighted by molar-refractivity contribution is 6.36. The number of benzene rings is 1. The molecule has 1 aromatic rings. The van der Waals surface area contributed by atoms with Gasteiger partial charge in [-0.15, -0.1) is 0 Å². The average molecular weight is 347 g/mol. The van der Waals surface area contributed by atoms with E-state index in [1.54, 1.807) is 14.1 Å². The van der Waals surface area contributed by atoms with Gasteiger partial charge in [-0.2, -0.15) is 0 Å². The van der Waals surface area contributed by atoms with Crippen LogP contribution in [0.3, 0.4) is 0 Å². The molecule has 3 amide bonds. The summed E-state index contributed by atoms with van der Waals surface area (Å²) in [5.41, 5.74) is 2.68. The lowest BCUT2D eigenvalue weighted by Crippen LogP contribution is -2.45. The van der Waals surface area contributed by atoms with Crippen LogP contribution in [-0.2, 0) is 9.59 Å². The fourth-order valence-electron chi connectivity index (χ4n) is 1.46. The second-order valence-corrected chi connectivity index (χ2v) is 5.36. The lowest BCUT2D eigenvalue weighted by atomic mass is 10.2. The Morgan fingerprint density at radius 2 is 1.68 bits per heavy atom. The van der Waals surface area contributed by atoms with Crippen molar-refractivity contribution in [3.8, 4) is 0 Å². The summed E-state index contributed by atoms with van der Waals surface area (Å²) >= 11 is 11.6. The number of carbonyl (C=O) groups excluding carboxylic acids is 3. The molecule has 0 unspecified atom stereocenters. The van der Waals surface area contributed by atoms with Gasteiger partial charge < -0.3 is 10.6 Å². The van der Waals surface area contributed by atoms with Crippen molar-refractivity contribution < 1.29 is 14.4 Å². The van der Waals surface area contributed by atoms with Crippen molar-refractivity contribution in [1.29, 1.82) is 0 Å². The largest absolute Gasteiger partial charge is 0.345 e. The normalized spacial score (nSPS) is 10.2. The van der Waals surface area contributed by atoms with Crippen LogP contribution in [0.15, 0.2) is 18.2 Å². The number of hydrogen-bond donors (Lipinski definition) is 3. The molecular weight excluding hydrogens is 331 g/mol. The standard InChI is InChI=1S/C13H16Cl2N4O3/c1-19(2)18-12(21)7-16-11(20)6-17-13(22)9-4-3-8(14)5-10(9)15/h3-5H,6-7H2,1-2H3,(H,16,20)(H,17,22)(H,18,21). The Labute approximate surface area is 137 Å². The second kappa shape index (κ2) is 8.57. The number of nitrogens with zero attached hydrogens (tertiary/aromatic N) is 1. The molecule has 0 aliphatic carbocycles. The number of carbonyl (C=O) groups is 3. The number of amides is 3. The van der Waals surface area contributed by atoms with Gasteiger partial charge in [-0.3, -0.25) is 19.8 Å². The fraction of sp³-hybridized carbons (Fsp3) is 0.308. The molecule has 0 saturated heterocycles. The van der Waals surface area contributed by atoms with Gasteiger partial charge in [0, 0.05) is 19.1 Å². The molecule has 3 N–H and O–H groups in total. The highest BCUT2D eigenvalue weighted by atomic mass is 35.5. The molecule has 1 rings (SSSR count). The summed E-state index contributed by atoms with van der Waals surface area (Å²) in [7, 11) is 3.30. The molecule has 0 aliphatic heterocycles. The summed E-state index contributed by atoms with van der Waals surface area (Å²) in [6, 6.07) is 4.42. The smallest absolute Gasteiger partial charge is 0.253 e. The summed E-state index contributed by atoms with van der Waals surface area (Å²) in [5, 5.41) is 6.83. The highest BCUT2D eigenvalue weighted by Gasteiger charge is 2.12. The minimum Gasteiger partial charge on any atom is -0.345 e. The number of hydrazine groups is 1. The summed E-state index contributed by atoms with van der Waals surface area (Å²) in [4.78, 5) is 34.7. The molecule has 120 valence electrons.